The Morgan fingerprint density at radius 3 is 2.33 bits per heavy atom. The molecule has 1 amide bonds. The van der Waals surface area contributed by atoms with Gasteiger partial charge in [-0.25, -0.2) is 0 Å². The average molecular weight is 210 g/mol. The summed E-state index contributed by atoms with van der Waals surface area (Å²) in [7, 11) is 2.07. The first-order valence-electron chi connectivity index (χ1n) is 6.17. The highest BCUT2D eigenvalue weighted by Gasteiger charge is 2.32. The van der Waals surface area contributed by atoms with E-state index in [2.05, 4.69) is 23.8 Å². The Morgan fingerprint density at radius 1 is 1.13 bits per heavy atom. The second kappa shape index (κ2) is 4.52. The predicted molar refractivity (Wildman–Crippen MR) is 60.6 cm³/mol. The van der Waals surface area contributed by atoms with Crippen molar-refractivity contribution < 1.29 is 4.79 Å². The van der Waals surface area contributed by atoms with Gasteiger partial charge in [-0.2, -0.15) is 0 Å². The maximum atomic E-state index is 12.2. The van der Waals surface area contributed by atoms with Crippen LogP contribution in [0.25, 0.3) is 0 Å². The lowest BCUT2D eigenvalue weighted by molar-refractivity contribution is -0.136. The maximum Gasteiger partial charge on any atom is 0.239 e. The van der Waals surface area contributed by atoms with Gasteiger partial charge in [0.05, 0.1) is 6.04 Å². The monoisotopic (exact) mass is 210 g/mol. The van der Waals surface area contributed by atoms with Gasteiger partial charge in [-0.05, 0) is 45.2 Å². The lowest BCUT2D eigenvalue weighted by Gasteiger charge is -2.33. The van der Waals surface area contributed by atoms with Gasteiger partial charge in [0.2, 0.25) is 5.91 Å². The van der Waals surface area contributed by atoms with Crippen LogP contribution in [0.4, 0.5) is 0 Å². The van der Waals surface area contributed by atoms with Gasteiger partial charge in [-0.1, -0.05) is 6.92 Å². The van der Waals surface area contributed by atoms with E-state index in [0.717, 1.165) is 32.0 Å². The highest BCUT2D eigenvalue weighted by molar-refractivity contribution is 5.82. The molecule has 0 aromatic heterocycles. The quantitative estimate of drug-likeness (QED) is 0.652. The van der Waals surface area contributed by atoms with E-state index >= 15 is 0 Å². The van der Waals surface area contributed by atoms with E-state index in [0.29, 0.717) is 5.91 Å². The SMILES string of the molecule is CC1CCN(C(=O)C2CCCN2C)CC1. The second-order valence-electron chi connectivity index (χ2n) is 5.15. The molecule has 1 atom stereocenters. The van der Waals surface area contributed by atoms with Crippen molar-refractivity contribution in [2.45, 2.75) is 38.6 Å². The third-order valence-corrected chi connectivity index (χ3v) is 3.90. The molecule has 0 N–H and O–H groups in total. The van der Waals surface area contributed by atoms with Crippen LogP contribution in [0.5, 0.6) is 0 Å². The maximum absolute atomic E-state index is 12.2. The molecule has 2 rings (SSSR count). The zero-order chi connectivity index (χ0) is 10.8. The van der Waals surface area contributed by atoms with Gasteiger partial charge in [0.1, 0.15) is 0 Å². The third-order valence-electron chi connectivity index (χ3n) is 3.90. The summed E-state index contributed by atoms with van der Waals surface area (Å²) in [5.74, 6) is 1.18. The number of hydrogen-bond donors (Lipinski definition) is 0. The molecule has 1 unspecified atom stereocenters. The summed E-state index contributed by atoms with van der Waals surface area (Å²) in [5, 5.41) is 0. The Hall–Kier alpha value is -0.570. The molecule has 0 spiro atoms. The molecule has 2 saturated heterocycles. The van der Waals surface area contributed by atoms with E-state index in [1.165, 1.54) is 19.3 Å². The van der Waals surface area contributed by atoms with Crippen molar-refractivity contribution in [3.05, 3.63) is 0 Å². The van der Waals surface area contributed by atoms with Gasteiger partial charge in [0.25, 0.3) is 0 Å². The highest BCUT2D eigenvalue weighted by Crippen LogP contribution is 2.21. The van der Waals surface area contributed by atoms with Crippen LogP contribution < -0.4 is 0 Å². The van der Waals surface area contributed by atoms with E-state index in [-0.39, 0.29) is 6.04 Å². The summed E-state index contributed by atoms with van der Waals surface area (Å²) < 4.78 is 0. The van der Waals surface area contributed by atoms with Crippen molar-refractivity contribution in [1.82, 2.24) is 9.80 Å². The van der Waals surface area contributed by atoms with Crippen LogP contribution in [-0.4, -0.2) is 48.4 Å². The van der Waals surface area contributed by atoms with Gasteiger partial charge in [-0.15, -0.1) is 0 Å². The number of piperidine rings is 1. The largest absolute Gasteiger partial charge is 0.341 e. The first kappa shape index (κ1) is 10.9. The average Bonchev–Trinajstić information content (AvgIpc) is 2.65. The number of rotatable bonds is 1. The fourth-order valence-corrected chi connectivity index (χ4v) is 2.66. The number of likely N-dealkylation sites (N-methyl/N-ethyl adjacent to an activating group) is 1. The van der Waals surface area contributed by atoms with Crippen LogP contribution in [0.3, 0.4) is 0 Å². The van der Waals surface area contributed by atoms with Gasteiger partial charge in [0.15, 0.2) is 0 Å². The molecule has 15 heavy (non-hydrogen) atoms. The van der Waals surface area contributed by atoms with Crippen LogP contribution in [-0.2, 0) is 4.79 Å². The van der Waals surface area contributed by atoms with Crippen molar-refractivity contribution in [1.29, 1.82) is 0 Å². The Labute approximate surface area is 92.4 Å². The standard InChI is InChI=1S/C12H22N2O/c1-10-5-8-14(9-6-10)12(15)11-4-3-7-13(11)2/h10-11H,3-9H2,1-2H3. The number of carbonyl (C=O) groups is 1. The van der Waals surface area contributed by atoms with Crippen molar-refractivity contribution in [2.75, 3.05) is 26.7 Å². The second-order valence-corrected chi connectivity index (χ2v) is 5.15. The van der Waals surface area contributed by atoms with E-state index < -0.39 is 0 Å². The molecular formula is C12H22N2O. The molecule has 0 saturated carbocycles. The number of nitrogens with zero attached hydrogens (tertiary/aromatic N) is 2. The van der Waals surface area contributed by atoms with Gasteiger partial charge < -0.3 is 4.90 Å². The van der Waals surface area contributed by atoms with Crippen molar-refractivity contribution in [3.8, 4) is 0 Å². The Morgan fingerprint density at radius 2 is 1.80 bits per heavy atom. The minimum Gasteiger partial charge on any atom is -0.341 e. The molecule has 3 nitrogen and oxygen atoms in total. The topological polar surface area (TPSA) is 23.6 Å². The fourth-order valence-electron chi connectivity index (χ4n) is 2.66. The summed E-state index contributed by atoms with van der Waals surface area (Å²) in [6, 6.07) is 0.179. The van der Waals surface area contributed by atoms with E-state index in [4.69, 9.17) is 0 Å². The lowest BCUT2D eigenvalue weighted by Crippen LogP contribution is -2.47. The molecule has 2 fully saturated rings. The molecule has 0 aromatic carbocycles. The number of hydrogen-bond acceptors (Lipinski definition) is 2. The highest BCUT2D eigenvalue weighted by atomic mass is 16.2. The first-order valence-corrected chi connectivity index (χ1v) is 6.17. The zero-order valence-corrected chi connectivity index (χ0v) is 9.91. The van der Waals surface area contributed by atoms with Crippen LogP contribution in [0.1, 0.15) is 32.6 Å². The number of carbonyl (C=O) groups excluding carboxylic acids is 1. The van der Waals surface area contributed by atoms with Crippen molar-refractivity contribution in [2.24, 2.45) is 5.92 Å². The molecule has 0 radical (unpaired) electrons. The molecule has 2 heterocycles. The van der Waals surface area contributed by atoms with Crippen LogP contribution >= 0.6 is 0 Å². The van der Waals surface area contributed by atoms with E-state index in [1.54, 1.807) is 0 Å². The summed E-state index contributed by atoms with van der Waals surface area (Å²) in [4.78, 5) is 16.5. The van der Waals surface area contributed by atoms with Crippen LogP contribution in [0, 0.1) is 5.92 Å². The van der Waals surface area contributed by atoms with Crippen LogP contribution in [0.15, 0.2) is 0 Å². The van der Waals surface area contributed by atoms with Crippen LogP contribution in [0.2, 0.25) is 0 Å². The predicted octanol–water partition coefficient (Wildman–Crippen LogP) is 1.34. The van der Waals surface area contributed by atoms with Gasteiger partial charge in [0, 0.05) is 13.1 Å². The molecule has 86 valence electrons. The minimum absolute atomic E-state index is 0.179. The Bertz CT molecular complexity index is 234. The molecule has 3 heteroatoms. The van der Waals surface area contributed by atoms with Crippen molar-refractivity contribution >= 4 is 5.91 Å². The first-order chi connectivity index (χ1) is 7.18. The third kappa shape index (κ3) is 2.33. The smallest absolute Gasteiger partial charge is 0.239 e. The Kier molecular flexibility index (Phi) is 3.29. The molecule has 0 aliphatic carbocycles. The zero-order valence-electron chi connectivity index (χ0n) is 9.91. The number of amides is 1. The summed E-state index contributed by atoms with van der Waals surface area (Å²) in [6.45, 7) is 5.32. The molecule has 2 aliphatic heterocycles. The minimum atomic E-state index is 0.179. The Balaban J connectivity index is 1.90. The summed E-state index contributed by atoms with van der Waals surface area (Å²) >= 11 is 0. The van der Waals surface area contributed by atoms with Gasteiger partial charge in [-0.3, -0.25) is 9.69 Å². The molecule has 0 bridgehead atoms. The van der Waals surface area contributed by atoms with E-state index in [1.807, 2.05) is 0 Å². The summed E-state index contributed by atoms with van der Waals surface area (Å²) in [5.41, 5.74) is 0. The van der Waals surface area contributed by atoms with Gasteiger partial charge >= 0.3 is 0 Å². The molecular weight excluding hydrogens is 188 g/mol. The number of likely N-dealkylation sites (tertiary alicyclic amines) is 2. The molecule has 2 aliphatic rings. The summed E-state index contributed by atoms with van der Waals surface area (Å²) in [6.07, 6.45) is 4.60. The normalized spacial score (nSPS) is 29.7. The molecule has 0 aromatic rings. The van der Waals surface area contributed by atoms with Crippen molar-refractivity contribution in [3.63, 3.8) is 0 Å². The lowest BCUT2D eigenvalue weighted by atomic mass is 9.98. The fraction of sp³-hybridized carbons (Fsp3) is 0.917. The van der Waals surface area contributed by atoms with E-state index in [9.17, 15) is 4.79 Å².